The molecule has 6 N–H and O–H groups in total. The number of nitrogen functional groups attached to an aromatic ring is 1. The van der Waals surface area contributed by atoms with Crippen molar-refractivity contribution >= 4 is 62.4 Å². The monoisotopic (exact) mass is 523 g/mol. The average molecular weight is 523 g/mol. The Kier molecular flexibility index (Phi) is 7.07. The Morgan fingerprint density at radius 2 is 2.00 bits per heavy atom. The van der Waals surface area contributed by atoms with E-state index >= 15 is 0 Å². The standard InChI is InChI=1S/C10H16N5O10P3S2/c11-9-8-10(13-3-12-9)15(4-14-8)7-1-5(16)6(23-7)2-22-28(29,30)25-27(20,21)24-26(17,18)19/h3-7,16H,1-2H2,(H,20,21)(H,29,30)(H2,11,12,13)(H2,17,18,19)/t5-,6+,7+/m0/s1. The van der Waals surface area contributed by atoms with Crippen LogP contribution in [0.4, 0.5) is 5.82 Å². The minimum atomic E-state index is -5.33. The molecule has 0 spiro atoms. The number of ether oxygens (including phenoxy) is 1. The van der Waals surface area contributed by atoms with Gasteiger partial charge in [-0.15, -0.1) is 0 Å². The van der Waals surface area contributed by atoms with E-state index in [0.717, 1.165) is 0 Å². The fourth-order valence-corrected chi connectivity index (χ4v) is 7.59. The van der Waals surface area contributed by atoms with Crippen molar-refractivity contribution in [1.29, 1.82) is 0 Å². The van der Waals surface area contributed by atoms with E-state index in [-0.39, 0.29) is 12.2 Å². The number of hydrogen-bond acceptors (Lipinski definition) is 12. The van der Waals surface area contributed by atoms with E-state index in [0.29, 0.717) is 11.2 Å². The molecule has 0 bridgehead atoms. The van der Waals surface area contributed by atoms with Crippen LogP contribution in [0.3, 0.4) is 0 Å². The smallest absolute Gasteiger partial charge is 0.390 e. The predicted octanol–water partition coefficient (Wildman–Crippen LogP) is 0.454. The molecule has 168 valence electrons. The number of thiol groups is 1. The zero-order chi connectivity index (χ0) is 22.3. The average Bonchev–Trinajstić information content (AvgIpc) is 3.14. The highest BCUT2D eigenvalue weighted by molar-refractivity contribution is 8.60. The number of aliphatic hydroxyl groups is 1. The first-order valence-corrected chi connectivity index (χ1v) is 14.6. The number of aromatic nitrogens is 4. The lowest BCUT2D eigenvalue weighted by molar-refractivity contribution is -0.0373. The van der Waals surface area contributed by atoms with Crippen LogP contribution in [0.2, 0.25) is 0 Å². The number of phosphoric acid groups is 2. The fraction of sp³-hybridized carbons (Fsp3) is 0.500. The van der Waals surface area contributed by atoms with Gasteiger partial charge in [0.1, 0.15) is 24.2 Å². The van der Waals surface area contributed by atoms with Crippen molar-refractivity contribution in [2.24, 2.45) is 0 Å². The molecule has 1 fully saturated rings. The minimum Gasteiger partial charge on any atom is -0.390 e. The first kappa shape index (κ1) is 24.1. The van der Waals surface area contributed by atoms with Crippen molar-refractivity contribution in [3.05, 3.63) is 12.7 Å². The molecule has 2 aromatic rings. The molecule has 2 unspecified atom stereocenters. The third kappa shape index (κ3) is 6.04. The molecule has 15 nitrogen and oxygen atoms in total. The van der Waals surface area contributed by atoms with Gasteiger partial charge in [-0.3, -0.25) is 4.57 Å². The number of aliphatic hydroxyl groups excluding tert-OH is 1. The Labute approximate surface area is 178 Å². The van der Waals surface area contributed by atoms with Crippen molar-refractivity contribution in [3.8, 4) is 0 Å². The summed E-state index contributed by atoms with van der Waals surface area (Å²) in [4.78, 5) is 38.6. The number of fused-ring (bicyclic) bond motifs is 1. The Morgan fingerprint density at radius 1 is 1.30 bits per heavy atom. The van der Waals surface area contributed by atoms with Crippen molar-refractivity contribution in [2.75, 3.05) is 12.3 Å². The highest BCUT2D eigenvalue weighted by Gasteiger charge is 2.40. The molecule has 0 saturated carbocycles. The van der Waals surface area contributed by atoms with E-state index in [9.17, 15) is 19.1 Å². The van der Waals surface area contributed by atoms with Gasteiger partial charge in [-0.1, -0.05) is 12.2 Å². The van der Waals surface area contributed by atoms with Gasteiger partial charge >= 0.3 is 15.6 Å². The van der Waals surface area contributed by atoms with Gasteiger partial charge < -0.3 is 34.8 Å². The SMILES string of the molecule is Nc1ncnc2c1ncn2[C@H]1C[C@H](O)[C@@H](COP(=S)(S)OP(=O)(O)OP(=O)(O)O)O1. The maximum Gasteiger partial charge on any atom is 0.487 e. The molecule has 1 aliphatic heterocycles. The maximum absolute atomic E-state index is 11.6. The van der Waals surface area contributed by atoms with Gasteiger partial charge in [0.2, 0.25) is 0 Å². The molecule has 0 aromatic carbocycles. The number of hydrogen-bond donors (Lipinski definition) is 6. The quantitative estimate of drug-likeness (QED) is 0.204. The van der Waals surface area contributed by atoms with Crippen LogP contribution in [0.5, 0.6) is 0 Å². The van der Waals surface area contributed by atoms with Crippen LogP contribution in [-0.4, -0.2) is 58.1 Å². The summed E-state index contributed by atoms with van der Waals surface area (Å²) in [6, 6.07) is 0. The van der Waals surface area contributed by atoms with E-state index in [2.05, 4.69) is 35.8 Å². The van der Waals surface area contributed by atoms with E-state index in [1.807, 2.05) is 0 Å². The first-order valence-electron chi connectivity index (χ1n) is 7.81. The van der Waals surface area contributed by atoms with E-state index in [1.54, 1.807) is 4.57 Å². The van der Waals surface area contributed by atoms with Gasteiger partial charge in [0.25, 0.3) is 5.69 Å². The maximum atomic E-state index is 11.6. The number of imidazole rings is 1. The molecule has 3 rings (SSSR count). The summed E-state index contributed by atoms with van der Waals surface area (Å²) in [7, 11) is -10.6. The van der Waals surface area contributed by atoms with Gasteiger partial charge in [0, 0.05) is 6.42 Å². The minimum absolute atomic E-state index is 0.125. The molecule has 2 aromatic heterocycles. The van der Waals surface area contributed by atoms with Crippen LogP contribution in [0.1, 0.15) is 12.6 Å². The lowest BCUT2D eigenvalue weighted by Gasteiger charge is -2.22. The largest absolute Gasteiger partial charge is 0.487 e. The van der Waals surface area contributed by atoms with Crippen LogP contribution in [0.15, 0.2) is 12.7 Å². The number of anilines is 1. The second-order valence-electron chi connectivity index (χ2n) is 5.90. The second kappa shape index (κ2) is 8.79. The Hall–Kier alpha value is -0.510. The van der Waals surface area contributed by atoms with Gasteiger partial charge in [-0.25, -0.2) is 28.4 Å². The zero-order valence-electron chi connectivity index (χ0n) is 14.6. The van der Waals surface area contributed by atoms with E-state index in [4.69, 9.17) is 36.6 Å². The predicted molar refractivity (Wildman–Crippen MR) is 108 cm³/mol. The van der Waals surface area contributed by atoms with E-state index < -0.39 is 46.4 Å². The van der Waals surface area contributed by atoms with Crippen molar-refractivity contribution in [1.82, 2.24) is 19.5 Å². The lowest BCUT2D eigenvalue weighted by Crippen LogP contribution is -2.25. The summed E-state index contributed by atoms with van der Waals surface area (Å²) in [6.45, 7) is -0.405. The zero-order valence-corrected chi connectivity index (χ0v) is 19.0. The summed E-state index contributed by atoms with van der Waals surface area (Å²) in [5, 5.41) is 10.3. The molecule has 1 aliphatic rings. The van der Waals surface area contributed by atoms with Gasteiger partial charge in [-0.05, 0) is 11.8 Å². The summed E-state index contributed by atoms with van der Waals surface area (Å²) in [5.74, 6) is 0.177. The van der Waals surface area contributed by atoms with Crippen LogP contribution >= 0.6 is 33.6 Å². The van der Waals surface area contributed by atoms with Crippen molar-refractivity contribution < 1.29 is 46.8 Å². The molecule has 3 heterocycles. The Balaban J connectivity index is 1.64. The fourth-order valence-electron chi connectivity index (χ4n) is 2.59. The van der Waals surface area contributed by atoms with Gasteiger partial charge in [0.15, 0.2) is 11.5 Å². The third-order valence-electron chi connectivity index (χ3n) is 3.72. The Morgan fingerprint density at radius 3 is 2.67 bits per heavy atom. The summed E-state index contributed by atoms with van der Waals surface area (Å²) >= 11 is 8.63. The summed E-state index contributed by atoms with van der Waals surface area (Å²) in [6.07, 6.45) is 0.146. The van der Waals surface area contributed by atoms with E-state index in [1.165, 1.54) is 12.7 Å². The van der Waals surface area contributed by atoms with Crippen molar-refractivity contribution in [3.63, 3.8) is 0 Å². The number of nitrogens with zero attached hydrogens (tertiary/aromatic N) is 4. The highest BCUT2D eigenvalue weighted by atomic mass is 32.9. The molecule has 0 radical (unpaired) electrons. The molecule has 1 saturated heterocycles. The molecule has 30 heavy (non-hydrogen) atoms. The summed E-state index contributed by atoms with van der Waals surface area (Å²) < 4.78 is 42.8. The van der Waals surface area contributed by atoms with Gasteiger partial charge in [-0.2, -0.15) is 4.31 Å². The first-order chi connectivity index (χ1) is 13.8. The molecule has 20 heteroatoms. The van der Waals surface area contributed by atoms with Crippen LogP contribution in [0, 0.1) is 0 Å². The molecule has 0 aliphatic carbocycles. The molecule has 5 atom stereocenters. The third-order valence-corrected chi connectivity index (χ3v) is 9.44. The van der Waals surface area contributed by atoms with Crippen LogP contribution in [-0.2, 0) is 38.8 Å². The molecular formula is C10H16N5O10P3S2. The molecular weight excluding hydrogens is 507 g/mol. The highest BCUT2D eigenvalue weighted by Crippen LogP contribution is 2.69. The number of rotatable bonds is 8. The van der Waals surface area contributed by atoms with Crippen molar-refractivity contribution in [2.45, 2.75) is 24.9 Å². The normalized spacial score (nSPS) is 26.5. The topological polar surface area (TPSA) is 222 Å². The van der Waals surface area contributed by atoms with Crippen LogP contribution in [0.25, 0.3) is 11.2 Å². The summed E-state index contributed by atoms with van der Waals surface area (Å²) in [5.41, 5.74) is 2.68. The lowest BCUT2D eigenvalue weighted by atomic mass is 10.2. The van der Waals surface area contributed by atoms with Crippen LogP contribution < -0.4 is 5.73 Å². The van der Waals surface area contributed by atoms with Gasteiger partial charge in [0.05, 0.1) is 19.0 Å². The molecule has 0 amide bonds. The Bertz CT molecular complexity index is 1080. The number of nitrogens with two attached hydrogens (primary N) is 1. The second-order valence-corrected chi connectivity index (χ2v) is 14.2.